The molecule has 24 heavy (non-hydrogen) atoms. The normalized spacial score (nSPS) is 10.5. The smallest absolute Gasteiger partial charge is 0.255 e. The van der Waals surface area contributed by atoms with Gasteiger partial charge >= 0.3 is 0 Å². The van der Waals surface area contributed by atoms with E-state index in [0.29, 0.717) is 5.56 Å². The van der Waals surface area contributed by atoms with Crippen molar-refractivity contribution in [3.63, 3.8) is 0 Å². The number of amides is 1. The summed E-state index contributed by atoms with van der Waals surface area (Å²) in [6.07, 6.45) is 4.75. The fourth-order valence-corrected chi connectivity index (χ4v) is 2.62. The van der Waals surface area contributed by atoms with Gasteiger partial charge < -0.3 is 10.1 Å². The predicted molar refractivity (Wildman–Crippen MR) is 99.9 cm³/mol. The zero-order valence-electron chi connectivity index (χ0n) is 14.9. The van der Waals surface area contributed by atoms with Crippen molar-refractivity contribution in [3.8, 4) is 5.75 Å². The molecule has 3 nitrogen and oxygen atoms in total. The first kappa shape index (κ1) is 18.1. The fraction of sp³-hybridized carbons (Fsp3) is 0.381. The van der Waals surface area contributed by atoms with Crippen LogP contribution in [0.3, 0.4) is 0 Å². The van der Waals surface area contributed by atoms with E-state index in [9.17, 15) is 4.79 Å². The van der Waals surface area contributed by atoms with Crippen LogP contribution >= 0.6 is 0 Å². The molecular weight excluding hydrogens is 298 g/mol. The van der Waals surface area contributed by atoms with E-state index < -0.39 is 0 Å². The zero-order valence-corrected chi connectivity index (χ0v) is 14.9. The summed E-state index contributed by atoms with van der Waals surface area (Å²) in [6, 6.07) is 13.3. The number of hydrogen-bond donors (Lipinski definition) is 1. The second-order valence-corrected chi connectivity index (χ2v) is 6.15. The summed E-state index contributed by atoms with van der Waals surface area (Å²) in [7, 11) is 0. The van der Waals surface area contributed by atoms with Crippen molar-refractivity contribution in [2.75, 3.05) is 11.9 Å². The van der Waals surface area contributed by atoms with Crippen LogP contribution in [0.1, 0.15) is 54.1 Å². The molecule has 0 fully saturated rings. The van der Waals surface area contributed by atoms with Crippen molar-refractivity contribution in [3.05, 3.63) is 59.2 Å². The average Bonchev–Trinajstić information content (AvgIpc) is 2.58. The van der Waals surface area contributed by atoms with E-state index in [1.807, 2.05) is 56.3 Å². The number of unbranched alkanes of at least 4 members (excludes halogenated alkanes) is 3. The van der Waals surface area contributed by atoms with Crippen LogP contribution in [0, 0.1) is 13.8 Å². The van der Waals surface area contributed by atoms with Gasteiger partial charge in [-0.25, -0.2) is 0 Å². The third kappa shape index (κ3) is 5.12. The van der Waals surface area contributed by atoms with Gasteiger partial charge in [-0.2, -0.15) is 0 Å². The lowest BCUT2D eigenvalue weighted by molar-refractivity contribution is 0.102. The first-order valence-electron chi connectivity index (χ1n) is 8.72. The number of carbonyl (C=O) groups is 1. The molecule has 0 saturated heterocycles. The molecule has 2 aromatic carbocycles. The Balaban J connectivity index is 1.91. The van der Waals surface area contributed by atoms with Crippen molar-refractivity contribution in [2.24, 2.45) is 0 Å². The molecule has 0 unspecified atom stereocenters. The van der Waals surface area contributed by atoms with Crippen molar-refractivity contribution in [1.82, 2.24) is 0 Å². The zero-order chi connectivity index (χ0) is 17.4. The second kappa shape index (κ2) is 9.11. The van der Waals surface area contributed by atoms with E-state index in [4.69, 9.17) is 4.74 Å². The molecule has 0 aliphatic heterocycles. The van der Waals surface area contributed by atoms with Crippen LogP contribution in [0.5, 0.6) is 5.75 Å². The van der Waals surface area contributed by atoms with E-state index in [0.717, 1.165) is 35.6 Å². The number of rotatable bonds is 8. The van der Waals surface area contributed by atoms with Gasteiger partial charge in [-0.3, -0.25) is 4.79 Å². The minimum Gasteiger partial charge on any atom is -0.494 e. The molecule has 0 saturated carbocycles. The van der Waals surface area contributed by atoms with Gasteiger partial charge in [0.25, 0.3) is 5.91 Å². The molecule has 0 radical (unpaired) electrons. The number of carbonyl (C=O) groups excluding carboxylic acids is 1. The van der Waals surface area contributed by atoms with E-state index in [2.05, 4.69) is 12.2 Å². The summed E-state index contributed by atoms with van der Waals surface area (Å²) in [4.78, 5) is 12.4. The Morgan fingerprint density at radius 2 is 1.62 bits per heavy atom. The van der Waals surface area contributed by atoms with Crippen LogP contribution in [-0.4, -0.2) is 12.5 Å². The molecule has 0 aliphatic carbocycles. The third-order valence-corrected chi connectivity index (χ3v) is 4.10. The molecule has 2 rings (SSSR count). The number of anilines is 1. The molecule has 3 heteroatoms. The average molecular weight is 325 g/mol. The van der Waals surface area contributed by atoms with Crippen molar-refractivity contribution in [2.45, 2.75) is 46.5 Å². The highest BCUT2D eigenvalue weighted by atomic mass is 16.5. The maximum Gasteiger partial charge on any atom is 0.255 e. The monoisotopic (exact) mass is 325 g/mol. The van der Waals surface area contributed by atoms with Gasteiger partial charge in [-0.1, -0.05) is 44.4 Å². The molecule has 1 amide bonds. The number of benzene rings is 2. The van der Waals surface area contributed by atoms with Crippen molar-refractivity contribution < 1.29 is 9.53 Å². The molecule has 0 aromatic heterocycles. The summed E-state index contributed by atoms with van der Waals surface area (Å²) in [6.45, 7) is 6.92. The number of aryl methyl sites for hydroxylation is 2. The molecule has 1 N–H and O–H groups in total. The van der Waals surface area contributed by atoms with Crippen molar-refractivity contribution >= 4 is 11.6 Å². The molecule has 0 heterocycles. The Morgan fingerprint density at radius 3 is 2.25 bits per heavy atom. The van der Waals surface area contributed by atoms with Crippen LogP contribution in [0.15, 0.2) is 42.5 Å². The summed E-state index contributed by atoms with van der Waals surface area (Å²) in [5, 5.41) is 3.00. The topological polar surface area (TPSA) is 38.3 Å². The van der Waals surface area contributed by atoms with Gasteiger partial charge in [-0.15, -0.1) is 0 Å². The SMILES string of the molecule is CCCCCCOc1ccc(C(=O)Nc2c(C)cccc2C)cc1. The second-order valence-electron chi connectivity index (χ2n) is 6.15. The first-order valence-corrected chi connectivity index (χ1v) is 8.72. The van der Waals surface area contributed by atoms with Gasteiger partial charge in [0.2, 0.25) is 0 Å². The standard InChI is InChI=1S/C21H27NO2/c1-4-5-6-7-15-24-19-13-11-18(12-14-19)21(23)22-20-16(2)9-8-10-17(20)3/h8-14H,4-7,15H2,1-3H3,(H,22,23). The molecule has 2 aromatic rings. The highest BCUT2D eigenvalue weighted by Gasteiger charge is 2.09. The molecule has 128 valence electrons. The fourth-order valence-electron chi connectivity index (χ4n) is 2.62. The third-order valence-electron chi connectivity index (χ3n) is 4.10. The Hall–Kier alpha value is -2.29. The number of nitrogens with one attached hydrogen (secondary N) is 1. The van der Waals surface area contributed by atoms with E-state index in [1.54, 1.807) is 0 Å². The van der Waals surface area contributed by atoms with Gasteiger partial charge in [-0.05, 0) is 55.7 Å². The molecule has 0 atom stereocenters. The Labute approximate surface area is 145 Å². The van der Waals surface area contributed by atoms with Crippen LogP contribution in [0.4, 0.5) is 5.69 Å². The van der Waals surface area contributed by atoms with Gasteiger partial charge in [0, 0.05) is 11.3 Å². The Kier molecular flexibility index (Phi) is 6.86. The Morgan fingerprint density at radius 1 is 0.958 bits per heavy atom. The molecule has 0 bridgehead atoms. The summed E-state index contributed by atoms with van der Waals surface area (Å²) in [5.74, 6) is 0.719. The minimum atomic E-state index is -0.0955. The quantitative estimate of drug-likeness (QED) is 0.649. The largest absolute Gasteiger partial charge is 0.494 e. The maximum absolute atomic E-state index is 12.4. The number of ether oxygens (including phenoxy) is 1. The van der Waals surface area contributed by atoms with Crippen LogP contribution in [0.2, 0.25) is 0 Å². The molecule has 0 spiro atoms. The predicted octanol–water partition coefficient (Wildman–Crippen LogP) is 5.51. The van der Waals surface area contributed by atoms with E-state index in [1.165, 1.54) is 19.3 Å². The van der Waals surface area contributed by atoms with Crippen molar-refractivity contribution in [1.29, 1.82) is 0 Å². The Bertz CT molecular complexity index is 642. The number of hydrogen-bond acceptors (Lipinski definition) is 2. The highest BCUT2D eigenvalue weighted by Crippen LogP contribution is 2.21. The van der Waals surface area contributed by atoms with E-state index in [-0.39, 0.29) is 5.91 Å². The summed E-state index contributed by atoms with van der Waals surface area (Å²) < 4.78 is 5.71. The van der Waals surface area contributed by atoms with Crippen LogP contribution < -0.4 is 10.1 Å². The highest BCUT2D eigenvalue weighted by molar-refractivity contribution is 6.05. The lowest BCUT2D eigenvalue weighted by Crippen LogP contribution is -2.13. The molecule has 0 aliphatic rings. The minimum absolute atomic E-state index is 0.0955. The van der Waals surface area contributed by atoms with E-state index >= 15 is 0 Å². The first-order chi connectivity index (χ1) is 11.6. The van der Waals surface area contributed by atoms with Crippen LogP contribution in [0.25, 0.3) is 0 Å². The van der Waals surface area contributed by atoms with Crippen LogP contribution in [-0.2, 0) is 0 Å². The lowest BCUT2D eigenvalue weighted by atomic mass is 10.1. The van der Waals surface area contributed by atoms with Gasteiger partial charge in [0.05, 0.1) is 6.61 Å². The summed E-state index contributed by atoms with van der Waals surface area (Å²) >= 11 is 0. The van der Waals surface area contributed by atoms with Gasteiger partial charge in [0.1, 0.15) is 5.75 Å². The lowest BCUT2D eigenvalue weighted by Gasteiger charge is -2.12. The number of para-hydroxylation sites is 1. The van der Waals surface area contributed by atoms with Gasteiger partial charge in [0.15, 0.2) is 0 Å². The molecular formula is C21H27NO2. The summed E-state index contributed by atoms with van der Waals surface area (Å²) in [5.41, 5.74) is 3.65. The maximum atomic E-state index is 12.4.